The lowest BCUT2D eigenvalue weighted by Gasteiger charge is -2.30. The number of hydrogen-bond acceptors (Lipinski definition) is 8. The Labute approximate surface area is 289 Å². The standard InChI is InChI=1S/C31H29Cl2IN4O6S/c1-4-42-30(40)27-17(2)36-31(45)37-28(27)20-7-5-6-8-24(20)43-16-26(39)38-35-14-19-12-23(34)29(25(13-19)41-3)44-15-18-9-10-21(32)22(33)11-18/h5-14,28H,4,15-16H2,1-3H3,(H,38,39)(H2,36,37,45)/t28-/m0/s1. The van der Waals surface area contributed by atoms with E-state index < -0.39 is 17.9 Å². The van der Waals surface area contributed by atoms with E-state index in [1.807, 2.05) is 12.1 Å². The number of ether oxygens (including phenoxy) is 4. The topological polar surface area (TPSA) is 120 Å². The van der Waals surface area contributed by atoms with Crippen LogP contribution in [0, 0.1) is 3.57 Å². The number of thiocarbonyl (C=S) groups is 1. The molecule has 14 heteroatoms. The lowest BCUT2D eigenvalue weighted by molar-refractivity contribution is -0.139. The van der Waals surface area contributed by atoms with Crippen LogP contribution in [0.25, 0.3) is 0 Å². The van der Waals surface area contributed by atoms with E-state index in [1.54, 1.807) is 56.3 Å². The fraction of sp³-hybridized carbons (Fsp3) is 0.226. The van der Waals surface area contributed by atoms with Crippen molar-refractivity contribution in [1.29, 1.82) is 0 Å². The Morgan fingerprint density at radius 2 is 1.87 bits per heavy atom. The van der Waals surface area contributed by atoms with Crippen LogP contribution in [0.15, 0.2) is 71.0 Å². The van der Waals surface area contributed by atoms with Crippen LogP contribution in [-0.2, 0) is 20.9 Å². The van der Waals surface area contributed by atoms with E-state index in [2.05, 4.69) is 43.8 Å². The minimum Gasteiger partial charge on any atom is -0.493 e. The van der Waals surface area contributed by atoms with Crippen molar-refractivity contribution in [2.75, 3.05) is 20.3 Å². The van der Waals surface area contributed by atoms with E-state index in [0.29, 0.717) is 54.8 Å². The molecule has 1 atom stereocenters. The van der Waals surface area contributed by atoms with Gasteiger partial charge in [0.25, 0.3) is 5.91 Å². The molecule has 0 fully saturated rings. The molecule has 0 radical (unpaired) electrons. The van der Waals surface area contributed by atoms with E-state index in [1.165, 1.54) is 13.3 Å². The second-order valence-corrected chi connectivity index (χ2v) is 11.9. The van der Waals surface area contributed by atoms with Crippen molar-refractivity contribution in [1.82, 2.24) is 16.1 Å². The van der Waals surface area contributed by atoms with Gasteiger partial charge >= 0.3 is 5.97 Å². The lowest BCUT2D eigenvalue weighted by Crippen LogP contribution is -2.45. The summed E-state index contributed by atoms with van der Waals surface area (Å²) in [5.74, 6) is 0.464. The molecular weight excluding hydrogens is 754 g/mol. The summed E-state index contributed by atoms with van der Waals surface area (Å²) in [5, 5.41) is 11.4. The molecule has 0 bridgehead atoms. The van der Waals surface area contributed by atoms with Gasteiger partial charge in [-0.15, -0.1) is 0 Å². The third kappa shape index (κ3) is 9.00. The Morgan fingerprint density at radius 3 is 2.60 bits per heavy atom. The number of methoxy groups -OCH3 is 1. The fourth-order valence-electron chi connectivity index (χ4n) is 4.35. The number of amides is 1. The molecule has 3 N–H and O–H groups in total. The Morgan fingerprint density at radius 1 is 1.09 bits per heavy atom. The van der Waals surface area contributed by atoms with Gasteiger partial charge in [-0.25, -0.2) is 10.2 Å². The average Bonchev–Trinajstić information content (AvgIpc) is 3.00. The maximum Gasteiger partial charge on any atom is 0.338 e. The zero-order chi connectivity index (χ0) is 32.5. The van der Waals surface area contributed by atoms with E-state index in [9.17, 15) is 9.59 Å². The molecule has 3 aromatic carbocycles. The molecule has 0 aromatic heterocycles. The van der Waals surface area contributed by atoms with Gasteiger partial charge in [0.05, 0.1) is 45.2 Å². The maximum atomic E-state index is 12.8. The van der Waals surface area contributed by atoms with Crippen LogP contribution in [0.4, 0.5) is 0 Å². The van der Waals surface area contributed by atoms with Crippen molar-refractivity contribution in [3.8, 4) is 17.2 Å². The zero-order valence-corrected chi connectivity index (χ0v) is 28.9. The van der Waals surface area contributed by atoms with E-state index in [0.717, 1.165) is 9.13 Å². The fourth-order valence-corrected chi connectivity index (χ4v) is 5.72. The molecule has 236 valence electrons. The maximum absolute atomic E-state index is 12.8. The van der Waals surface area contributed by atoms with Crippen molar-refractivity contribution in [2.24, 2.45) is 5.10 Å². The molecule has 0 saturated heterocycles. The first-order chi connectivity index (χ1) is 21.6. The van der Waals surface area contributed by atoms with Crippen LogP contribution in [0.5, 0.6) is 17.2 Å². The van der Waals surface area contributed by atoms with E-state index in [-0.39, 0.29) is 19.8 Å². The first kappa shape index (κ1) is 34.3. The molecule has 1 heterocycles. The van der Waals surface area contributed by atoms with E-state index >= 15 is 0 Å². The molecule has 45 heavy (non-hydrogen) atoms. The number of nitrogens with one attached hydrogen (secondary N) is 3. The van der Waals surface area contributed by atoms with Gasteiger partial charge in [0, 0.05) is 11.3 Å². The summed E-state index contributed by atoms with van der Waals surface area (Å²) in [5.41, 5.74) is 5.54. The number of carbonyl (C=O) groups is 2. The van der Waals surface area contributed by atoms with Crippen molar-refractivity contribution < 1.29 is 28.5 Å². The minimum absolute atomic E-state index is 0.218. The Balaban J connectivity index is 1.39. The Kier molecular flexibility index (Phi) is 12.3. The second-order valence-electron chi connectivity index (χ2n) is 9.48. The number of allylic oxidation sites excluding steroid dienone is 1. The van der Waals surface area contributed by atoms with Crippen LogP contribution < -0.4 is 30.3 Å². The van der Waals surface area contributed by atoms with Gasteiger partial charge in [-0.3, -0.25) is 4.79 Å². The number of nitrogens with zero attached hydrogens (tertiary/aromatic N) is 1. The summed E-state index contributed by atoms with van der Waals surface area (Å²) in [6, 6.07) is 15.3. The molecule has 0 saturated carbocycles. The third-order valence-electron chi connectivity index (χ3n) is 6.38. The predicted molar refractivity (Wildman–Crippen MR) is 185 cm³/mol. The highest BCUT2D eigenvalue weighted by Gasteiger charge is 2.32. The van der Waals surface area contributed by atoms with Crippen molar-refractivity contribution >= 4 is 81.2 Å². The molecule has 10 nitrogen and oxygen atoms in total. The molecule has 4 rings (SSSR count). The molecule has 1 aliphatic heterocycles. The highest BCUT2D eigenvalue weighted by Crippen LogP contribution is 2.35. The first-order valence-corrected chi connectivity index (χ1v) is 15.8. The predicted octanol–water partition coefficient (Wildman–Crippen LogP) is 6.07. The SMILES string of the molecule is CCOC(=O)C1=C(C)NC(=S)N[C@H]1c1ccccc1OCC(=O)NN=Cc1cc(I)c(OCc2ccc(Cl)c(Cl)c2)c(OC)c1. The van der Waals surface area contributed by atoms with Crippen LogP contribution in [0.2, 0.25) is 10.0 Å². The first-order valence-electron chi connectivity index (χ1n) is 13.5. The second kappa shape index (κ2) is 16.1. The quantitative estimate of drug-likeness (QED) is 0.0662. The van der Waals surface area contributed by atoms with Gasteiger partial charge < -0.3 is 29.6 Å². The third-order valence-corrected chi connectivity index (χ3v) is 8.14. The van der Waals surface area contributed by atoms with Crippen LogP contribution in [0.3, 0.4) is 0 Å². The van der Waals surface area contributed by atoms with Gasteiger partial charge in [0.15, 0.2) is 23.2 Å². The minimum atomic E-state index is -0.636. The summed E-state index contributed by atoms with van der Waals surface area (Å²) in [6.07, 6.45) is 1.48. The van der Waals surface area contributed by atoms with Gasteiger partial charge in [-0.1, -0.05) is 47.5 Å². The number of esters is 1. The van der Waals surface area contributed by atoms with Gasteiger partial charge in [0.2, 0.25) is 0 Å². The number of rotatable bonds is 12. The molecular formula is C31H29Cl2IN4O6S. The monoisotopic (exact) mass is 782 g/mol. The summed E-state index contributed by atoms with van der Waals surface area (Å²) < 4.78 is 23.4. The largest absolute Gasteiger partial charge is 0.493 e. The summed E-state index contributed by atoms with van der Waals surface area (Å²) in [6.45, 7) is 3.63. The van der Waals surface area contributed by atoms with Crippen molar-refractivity contribution in [2.45, 2.75) is 26.5 Å². The van der Waals surface area contributed by atoms with Gasteiger partial charge in [-0.2, -0.15) is 5.10 Å². The molecule has 0 unspecified atom stereocenters. The van der Waals surface area contributed by atoms with E-state index in [4.69, 9.17) is 54.4 Å². The summed E-state index contributed by atoms with van der Waals surface area (Å²) in [7, 11) is 1.54. The number of hydrogen-bond donors (Lipinski definition) is 3. The molecule has 0 spiro atoms. The average molecular weight is 783 g/mol. The van der Waals surface area contributed by atoms with Crippen LogP contribution >= 0.6 is 58.0 Å². The smallest absolute Gasteiger partial charge is 0.338 e. The molecule has 0 aliphatic carbocycles. The summed E-state index contributed by atoms with van der Waals surface area (Å²) >= 11 is 19.6. The summed E-state index contributed by atoms with van der Waals surface area (Å²) in [4.78, 5) is 25.4. The number of para-hydroxylation sites is 1. The number of hydrazone groups is 1. The number of benzene rings is 3. The molecule has 1 aliphatic rings. The van der Waals surface area contributed by atoms with Gasteiger partial charge in [-0.05, 0) is 90.1 Å². The van der Waals surface area contributed by atoms with Crippen LogP contribution in [0.1, 0.15) is 36.6 Å². The highest BCUT2D eigenvalue weighted by molar-refractivity contribution is 14.1. The van der Waals surface area contributed by atoms with Crippen molar-refractivity contribution in [3.05, 3.63) is 96.2 Å². The lowest BCUT2D eigenvalue weighted by atomic mass is 9.95. The molecule has 1 amide bonds. The van der Waals surface area contributed by atoms with Crippen molar-refractivity contribution in [3.63, 3.8) is 0 Å². The highest BCUT2D eigenvalue weighted by atomic mass is 127. The number of carbonyl (C=O) groups excluding carboxylic acids is 2. The Bertz CT molecular complexity index is 1670. The molecule has 3 aromatic rings. The zero-order valence-electron chi connectivity index (χ0n) is 24.4. The van der Waals surface area contributed by atoms with Gasteiger partial charge in [0.1, 0.15) is 12.4 Å². The van der Waals surface area contributed by atoms with Crippen LogP contribution in [-0.4, -0.2) is 43.5 Å². The number of halogens is 3. The normalized spacial score (nSPS) is 14.4. The Hall–Kier alpha value is -3.59.